The Hall–Kier alpha value is -1.43. The van der Waals surface area contributed by atoms with Crippen LogP contribution in [0.2, 0.25) is 0 Å². The Balaban J connectivity index is 3.25. The standard InChI is InChI=1S/C7H6O3/c1-3-5-6(4-2)10-7(8)9-5/h1H,4H2,2H3. The van der Waals surface area contributed by atoms with Crippen molar-refractivity contribution in [2.24, 2.45) is 0 Å². The summed E-state index contributed by atoms with van der Waals surface area (Å²) in [5.41, 5.74) is 0. The van der Waals surface area contributed by atoms with Crippen molar-refractivity contribution in [2.75, 3.05) is 0 Å². The van der Waals surface area contributed by atoms with Crippen LogP contribution in [0.1, 0.15) is 18.4 Å². The van der Waals surface area contributed by atoms with Gasteiger partial charge in [-0.3, -0.25) is 0 Å². The molecule has 0 bridgehead atoms. The molecule has 0 aromatic carbocycles. The van der Waals surface area contributed by atoms with Gasteiger partial charge in [-0.25, -0.2) is 4.79 Å². The lowest BCUT2D eigenvalue weighted by molar-refractivity contribution is 0.373. The summed E-state index contributed by atoms with van der Waals surface area (Å²) >= 11 is 0. The lowest BCUT2D eigenvalue weighted by Gasteiger charge is -1.81. The van der Waals surface area contributed by atoms with Crippen LogP contribution in [0.5, 0.6) is 0 Å². The molecule has 0 atom stereocenters. The molecule has 1 heterocycles. The Labute approximate surface area is 57.7 Å². The van der Waals surface area contributed by atoms with Gasteiger partial charge in [-0.15, -0.1) is 6.42 Å². The van der Waals surface area contributed by atoms with Crippen LogP contribution in [0.25, 0.3) is 0 Å². The van der Waals surface area contributed by atoms with Crippen LogP contribution < -0.4 is 5.82 Å². The van der Waals surface area contributed by atoms with Gasteiger partial charge in [0, 0.05) is 6.42 Å². The van der Waals surface area contributed by atoms with Crippen LogP contribution in [0.3, 0.4) is 0 Å². The maximum atomic E-state index is 10.4. The van der Waals surface area contributed by atoms with Crippen LogP contribution in [0.15, 0.2) is 13.6 Å². The van der Waals surface area contributed by atoms with Crippen molar-refractivity contribution in [3.05, 3.63) is 22.1 Å². The number of hydrogen-bond acceptors (Lipinski definition) is 3. The number of terminal acetylenes is 1. The maximum absolute atomic E-state index is 10.4. The summed E-state index contributed by atoms with van der Waals surface area (Å²) in [6, 6.07) is 0. The van der Waals surface area contributed by atoms with E-state index in [1.807, 2.05) is 6.92 Å². The summed E-state index contributed by atoms with van der Waals surface area (Å²) < 4.78 is 9.09. The molecule has 0 spiro atoms. The number of rotatable bonds is 1. The molecule has 1 aromatic heterocycles. The Kier molecular flexibility index (Phi) is 1.63. The lowest BCUT2D eigenvalue weighted by atomic mass is 10.3. The normalized spacial score (nSPS) is 9.20. The molecule has 0 N–H and O–H groups in total. The first-order valence-corrected chi connectivity index (χ1v) is 2.87. The van der Waals surface area contributed by atoms with Crippen LogP contribution in [-0.2, 0) is 6.42 Å². The molecule has 0 aliphatic rings. The first-order chi connectivity index (χ1) is 4.77. The fraction of sp³-hybridized carbons (Fsp3) is 0.286. The van der Waals surface area contributed by atoms with Crippen molar-refractivity contribution < 1.29 is 8.83 Å². The van der Waals surface area contributed by atoms with Crippen molar-refractivity contribution in [1.29, 1.82) is 0 Å². The zero-order chi connectivity index (χ0) is 7.56. The van der Waals surface area contributed by atoms with E-state index in [0.717, 1.165) is 0 Å². The van der Waals surface area contributed by atoms with Gasteiger partial charge in [0.1, 0.15) is 0 Å². The van der Waals surface area contributed by atoms with Crippen molar-refractivity contribution in [2.45, 2.75) is 13.3 Å². The van der Waals surface area contributed by atoms with Crippen molar-refractivity contribution in [1.82, 2.24) is 0 Å². The Morgan fingerprint density at radius 1 is 1.60 bits per heavy atom. The van der Waals surface area contributed by atoms with E-state index in [2.05, 4.69) is 14.8 Å². The third kappa shape index (κ3) is 0.960. The van der Waals surface area contributed by atoms with Crippen molar-refractivity contribution in [3.63, 3.8) is 0 Å². The van der Waals surface area contributed by atoms with Gasteiger partial charge in [0.05, 0.1) is 0 Å². The highest BCUT2D eigenvalue weighted by atomic mass is 16.6. The highest BCUT2D eigenvalue weighted by Gasteiger charge is 2.06. The minimum absolute atomic E-state index is 0.201. The highest BCUT2D eigenvalue weighted by molar-refractivity contribution is 5.23. The molecule has 3 nitrogen and oxygen atoms in total. The molecule has 0 aliphatic heterocycles. The van der Waals surface area contributed by atoms with E-state index >= 15 is 0 Å². The quantitative estimate of drug-likeness (QED) is 0.538. The van der Waals surface area contributed by atoms with E-state index in [0.29, 0.717) is 12.2 Å². The first kappa shape index (κ1) is 6.69. The minimum atomic E-state index is -0.732. The van der Waals surface area contributed by atoms with E-state index in [9.17, 15) is 4.79 Å². The van der Waals surface area contributed by atoms with Crippen molar-refractivity contribution in [3.8, 4) is 12.3 Å². The topological polar surface area (TPSA) is 43.4 Å². The fourth-order valence-corrected chi connectivity index (χ4v) is 0.651. The van der Waals surface area contributed by atoms with Gasteiger partial charge in [0.15, 0.2) is 5.76 Å². The van der Waals surface area contributed by atoms with Gasteiger partial charge in [-0.1, -0.05) is 6.92 Å². The summed E-state index contributed by atoms with van der Waals surface area (Å²) in [6.07, 6.45) is 5.57. The number of hydrogen-bond donors (Lipinski definition) is 0. The summed E-state index contributed by atoms with van der Waals surface area (Å²) in [5, 5.41) is 0. The van der Waals surface area contributed by atoms with Crippen molar-refractivity contribution >= 4 is 0 Å². The Morgan fingerprint density at radius 3 is 2.70 bits per heavy atom. The SMILES string of the molecule is C#Cc1oc(=O)oc1CC. The first-order valence-electron chi connectivity index (χ1n) is 2.87. The van der Waals surface area contributed by atoms with Gasteiger partial charge in [-0.2, -0.15) is 0 Å². The molecule has 0 saturated heterocycles. The monoisotopic (exact) mass is 138 g/mol. The molecule has 0 aliphatic carbocycles. The summed E-state index contributed by atoms with van der Waals surface area (Å²) in [6.45, 7) is 1.83. The van der Waals surface area contributed by atoms with Gasteiger partial charge in [0.25, 0.3) is 0 Å². The smallest absolute Gasteiger partial charge is 0.395 e. The molecular weight excluding hydrogens is 132 g/mol. The van der Waals surface area contributed by atoms with Crippen LogP contribution in [0.4, 0.5) is 0 Å². The van der Waals surface area contributed by atoms with Gasteiger partial charge in [-0.05, 0) is 5.92 Å². The molecule has 1 rings (SSSR count). The fourth-order valence-electron chi connectivity index (χ4n) is 0.651. The van der Waals surface area contributed by atoms with Crippen LogP contribution in [0, 0.1) is 12.3 Å². The highest BCUT2D eigenvalue weighted by Crippen LogP contribution is 2.04. The summed E-state index contributed by atoms with van der Waals surface area (Å²) in [7, 11) is 0. The third-order valence-electron chi connectivity index (χ3n) is 1.10. The van der Waals surface area contributed by atoms with E-state index < -0.39 is 5.82 Å². The van der Waals surface area contributed by atoms with Gasteiger partial charge < -0.3 is 8.83 Å². The molecule has 0 fully saturated rings. The predicted octanol–water partition coefficient (Wildman–Crippen LogP) is 0.776. The summed E-state index contributed by atoms with van der Waals surface area (Å²) in [4.78, 5) is 10.4. The Morgan fingerprint density at radius 2 is 2.30 bits per heavy atom. The molecule has 3 heteroatoms. The summed E-state index contributed by atoms with van der Waals surface area (Å²) in [5.74, 6) is 2.11. The lowest BCUT2D eigenvalue weighted by Crippen LogP contribution is -1.85. The molecule has 0 saturated carbocycles. The number of aryl methyl sites for hydroxylation is 1. The second kappa shape index (κ2) is 2.44. The molecular formula is C7H6O3. The second-order valence-corrected chi connectivity index (χ2v) is 1.70. The third-order valence-corrected chi connectivity index (χ3v) is 1.10. The Bertz CT molecular complexity index is 310. The van der Waals surface area contributed by atoms with Gasteiger partial charge >= 0.3 is 5.82 Å². The average molecular weight is 138 g/mol. The molecule has 10 heavy (non-hydrogen) atoms. The predicted molar refractivity (Wildman–Crippen MR) is 34.6 cm³/mol. The van der Waals surface area contributed by atoms with E-state index in [-0.39, 0.29) is 5.76 Å². The molecule has 0 unspecified atom stereocenters. The van der Waals surface area contributed by atoms with Crippen LogP contribution >= 0.6 is 0 Å². The molecule has 1 aromatic rings. The van der Waals surface area contributed by atoms with Crippen LogP contribution in [-0.4, -0.2) is 0 Å². The molecule has 0 amide bonds. The average Bonchev–Trinajstić information content (AvgIpc) is 2.30. The van der Waals surface area contributed by atoms with E-state index in [1.165, 1.54) is 0 Å². The zero-order valence-corrected chi connectivity index (χ0v) is 5.51. The zero-order valence-electron chi connectivity index (χ0n) is 5.51. The largest absolute Gasteiger partial charge is 0.520 e. The van der Waals surface area contributed by atoms with E-state index in [1.54, 1.807) is 0 Å². The second-order valence-electron chi connectivity index (χ2n) is 1.70. The van der Waals surface area contributed by atoms with Gasteiger partial charge in [0.2, 0.25) is 5.76 Å². The minimum Gasteiger partial charge on any atom is -0.395 e. The molecule has 0 radical (unpaired) electrons. The molecule has 52 valence electrons. The maximum Gasteiger partial charge on any atom is 0.520 e. The van der Waals surface area contributed by atoms with E-state index in [4.69, 9.17) is 6.42 Å².